The van der Waals surface area contributed by atoms with Crippen molar-refractivity contribution in [2.75, 3.05) is 0 Å². The predicted octanol–water partition coefficient (Wildman–Crippen LogP) is 16.3. The molecular formula is C60H36N2. The first-order valence-electron chi connectivity index (χ1n) is 21.5. The van der Waals surface area contributed by atoms with E-state index in [9.17, 15) is 0 Å². The third-order valence-electron chi connectivity index (χ3n) is 13.6. The van der Waals surface area contributed by atoms with E-state index in [4.69, 9.17) is 0 Å². The van der Waals surface area contributed by atoms with Crippen LogP contribution in [0.2, 0.25) is 0 Å². The summed E-state index contributed by atoms with van der Waals surface area (Å²) in [5.74, 6) is 0. The molecule has 2 aromatic heterocycles. The lowest BCUT2D eigenvalue weighted by Gasteiger charge is -2.12. The maximum atomic E-state index is 2.47. The zero-order valence-electron chi connectivity index (χ0n) is 33.7. The van der Waals surface area contributed by atoms with Crippen LogP contribution in [0.25, 0.3) is 132 Å². The molecule has 286 valence electrons. The van der Waals surface area contributed by atoms with Crippen molar-refractivity contribution in [3.8, 4) is 55.9 Å². The molecule has 11 aromatic carbocycles. The van der Waals surface area contributed by atoms with E-state index in [0.29, 0.717) is 0 Å². The molecule has 1 aliphatic rings. The molecule has 2 heteroatoms. The van der Waals surface area contributed by atoms with Crippen LogP contribution in [0, 0.1) is 0 Å². The monoisotopic (exact) mass is 784 g/mol. The van der Waals surface area contributed by atoms with Gasteiger partial charge < -0.3 is 9.13 Å². The van der Waals surface area contributed by atoms with E-state index in [1.807, 2.05) is 0 Å². The second-order valence-electron chi connectivity index (χ2n) is 16.9. The molecule has 0 atom stereocenters. The van der Waals surface area contributed by atoms with E-state index in [-0.39, 0.29) is 0 Å². The minimum absolute atomic E-state index is 1.15. The molecule has 14 rings (SSSR count). The highest BCUT2D eigenvalue weighted by molar-refractivity contribution is 6.20. The van der Waals surface area contributed by atoms with Crippen molar-refractivity contribution in [3.63, 3.8) is 0 Å². The molecule has 13 aromatic rings. The molecule has 0 fully saturated rings. The Hall–Kier alpha value is -8.20. The van der Waals surface area contributed by atoms with Crippen LogP contribution in [0.3, 0.4) is 0 Å². The van der Waals surface area contributed by atoms with E-state index in [1.54, 1.807) is 0 Å². The van der Waals surface area contributed by atoms with E-state index in [2.05, 4.69) is 228 Å². The van der Waals surface area contributed by atoms with Crippen LogP contribution < -0.4 is 0 Å². The lowest BCUT2D eigenvalue weighted by Crippen LogP contribution is -1.94. The molecule has 62 heavy (non-hydrogen) atoms. The first kappa shape index (κ1) is 33.6. The highest BCUT2D eigenvalue weighted by atomic mass is 15.0. The zero-order valence-corrected chi connectivity index (χ0v) is 33.7. The summed E-state index contributed by atoms with van der Waals surface area (Å²) in [5.41, 5.74) is 17.4. The van der Waals surface area contributed by atoms with Crippen LogP contribution in [0.15, 0.2) is 218 Å². The summed E-state index contributed by atoms with van der Waals surface area (Å²) in [6, 6.07) is 81.1. The Balaban J connectivity index is 0.882. The van der Waals surface area contributed by atoms with E-state index in [1.165, 1.54) is 126 Å². The van der Waals surface area contributed by atoms with Gasteiger partial charge in [0, 0.05) is 38.3 Å². The maximum absolute atomic E-state index is 2.47. The quantitative estimate of drug-likeness (QED) is 0.168. The molecule has 0 spiro atoms. The summed E-state index contributed by atoms with van der Waals surface area (Å²) < 4.78 is 4.89. The summed E-state index contributed by atoms with van der Waals surface area (Å²) in [6.45, 7) is 0. The number of hydrogen-bond acceptors (Lipinski definition) is 0. The third-order valence-corrected chi connectivity index (χ3v) is 13.6. The van der Waals surface area contributed by atoms with Gasteiger partial charge in [0.15, 0.2) is 0 Å². The third kappa shape index (κ3) is 4.75. The summed E-state index contributed by atoms with van der Waals surface area (Å²) in [5, 5.41) is 12.7. The average molecular weight is 785 g/mol. The van der Waals surface area contributed by atoms with Crippen molar-refractivity contribution in [3.05, 3.63) is 218 Å². The van der Waals surface area contributed by atoms with Crippen molar-refractivity contribution >= 4 is 75.9 Å². The van der Waals surface area contributed by atoms with Gasteiger partial charge in [0.25, 0.3) is 0 Å². The highest BCUT2D eigenvalue weighted by Crippen LogP contribution is 2.48. The fourth-order valence-corrected chi connectivity index (χ4v) is 10.7. The molecule has 1 aliphatic carbocycles. The molecule has 0 saturated heterocycles. The van der Waals surface area contributed by atoms with Crippen LogP contribution in [0.4, 0.5) is 0 Å². The summed E-state index contributed by atoms with van der Waals surface area (Å²) >= 11 is 0. The topological polar surface area (TPSA) is 9.86 Å². The Morgan fingerprint density at radius 1 is 0.242 bits per heavy atom. The van der Waals surface area contributed by atoms with Crippen molar-refractivity contribution in [1.29, 1.82) is 0 Å². The van der Waals surface area contributed by atoms with Crippen LogP contribution in [-0.4, -0.2) is 9.13 Å². The van der Waals surface area contributed by atoms with Gasteiger partial charge >= 0.3 is 0 Å². The lowest BCUT2D eigenvalue weighted by atomic mass is 9.97. The molecule has 0 aliphatic heterocycles. The van der Waals surface area contributed by atoms with Gasteiger partial charge in [-0.15, -0.1) is 0 Å². The number of rotatable bonds is 4. The Labute approximate surface area is 357 Å². The van der Waals surface area contributed by atoms with Crippen molar-refractivity contribution in [2.24, 2.45) is 0 Å². The Morgan fingerprint density at radius 2 is 0.806 bits per heavy atom. The molecular weight excluding hydrogens is 749 g/mol. The fourth-order valence-electron chi connectivity index (χ4n) is 10.7. The van der Waals surface area contributed by atoms with Gasteiger partial charge in [-0.2, -0.15) is 0 Å². The predicted molar refractivity (Wildman–Crippen MR) is 263 cm³/mol. The van der Waals surface area contributed by atoms with Crippen molar-refractivity contribution < 1.29 is 0 Å². The van der Waals surface area contributed by atoms with Gasteiger partial charge in [0.05, 0.1) is 22.1 Å². The van der Waals surface area contributed by atoms with Gasteiger partial charge in [-0.3, -0.25) is 0 Å². The summed E-state index contributed by atoms with van der Waals surface area (Å²) in [7, 11) is 0. The van der Waals surface area contributed by atoms with Gasteiger partial charge in [-0.1, -0.05) is 158 Å². The first-order valence-corrected chi connectivity index (χ1v) is 21.5. The minimum atomic E-state index is 1.15. The first-order chi connectivity index (χ1) is 30.7. The molecule has 2 heterocycles. The van der Waals surface area contributed by atoms with Gasteiger partial charge in [0.1, 0.15) is 0 Å². The number of benzene rings is 11. The van der Waals surface area contributed by atoms with Gasteiger partial charge in [-0.05, 0) is 132 Å². The fraction of sp³-hybridized carbons (Fsp3) is 0. The van der Waals surface area contributed by atoms with Crippen LogP contribution >= 0.6 is 0 Å². The van der Waals surface area contributed by atoms with Crippen molar-refractivity contribution in [1.82, 2.24) is 9.13 Å². The van der Waals surface area contributed by atoms with Gasteiger partial charge in [0.2, 0.25) is 0 Å². The zero-order chi connectivity index (χ0) is 40.5. The van der Waals surface area contributed by atoms with Crippen LogP contribution in [0.1, 0.15) is 0 Å². The van der Waals surface area contributed by atoms with Gasteiger partial charge in [-0.25, -0.2) is 0 Å². The molecule has 0 amide bonds. The van der Waals surface area contributed by atoms with Crippen LogP contribution in [-0.2, 0) is 0 Å². The Bertz CT molecular complexity index is 4020. The molecule has 0 N–H and O–H groups in total. The number of para-hydroxylation sites is 1. The normalized spacial score (nSPS) is 12.2. The summed E-state index contributed by atoms with van der Waals surface area (Å²) in [6.07, 6.45) is 0. The SMILES string of the molecule is c1ccc2cc(-n3c4ccc(-c5ccc6c(c5)c5ccccc5n6-c5ccc(-c6ccc7c(c6)-c6cccc8cccc-7c68)cc5)cc4c4ccc5ccccc5c43)ccc2c1. The lowest BCUT2D eigenvalue weighted by molar-refractivity contribution is 1.18. The second kappa shape index (κ2) is 12.7. The Kier molecular flexibility index (Phi) is 6.86. The molecule has 2 nitrogen and oxygen atoms in total. The molecule has 0 unspecified atom stereocenters. The number of hydrogen-bond donors (Lipinski definition) is 0. The maximum Gasteiger partial charge on any atom is 0.0619 e. The van der Waals surface area contributed by atoms with E-state index >= 15 is 0 Å². The minimum Gasteiger partial charge on any atom is -0.309 e. The highest BCUT2D eigenvalue weighted by Gasteiger charge is 2.22. The number of fused-ring (bicyclic) bond motifs is 12. The summed E-state index contributed by atoms with van der Waals surface area (Å²) in [4.78, 5) is 0. The standard InChI is InChI=1S/C60H36N2/c1-2-11-41-33-46(28-21-37(41)9-1)62-58-32-25-44(36-55(58)52-30-22-39-10-3-4-14-47(39)60(52)62)43-24-31-57-54(35-43)49-15-5-6-18-56(49)61(57)45-26-19-38(20-27-45)42-23-29-48-50-16-7-12-40-13-8-17-51(59(40)50)53(48)34-42/h1-36H. The van der Waals surface area contributed by atoms with E-state index in [0.717, 1.165) is 5.69 Å². The molecule has 0 radical (unpaired) electrons. The van der Waals surface area contributed by atoms with Crippen LogP contribution in [0.5, 0.6) is 0 Å². The Morgan fingerprint density at radius 3 is 1.61 bits per heavy atom. The second-order valence-corrected chi connectivity index (χ2v) is 16.9. The molecule has 0 bridgehead atoms. The smallest absolute Gasteiger partial charge is 0.0619 e. The average Bonchev–Trinajstić information content (AvgIpc) is 3.97. The number of nitrogens with zero attached hydrogens (tertiary/aromatic N) is 2. The van der Waals surface area contributed by atoms with Crippen molar-refractivity contribution in [2.45, 2.75) is 0 Å². The largest absolute Gasteiger partial charge is 0.309 e. The number of aromatic nitrogens is 2. The molecule has 0 saturated carbocycles. The van der Waals surface area contributed by atoms with E-state index < -0.39 is 0 Å².